The van der Waals surface area contributed by atoms with Crippen molar-refractivity contribution < 1.29 is 0 Å². The molecule has 1 aliphatic rings. The van der Waals surface area contributed by atoms with E-state index in [9.17, 15) is 0 Å². The van der Waals surface area contributed by atoms with E-state index in [-0.39, 0.29) is 6.04 Å². The van der Waals surface area contributed by atoms with E-state index in [2.05, 4.69) is 16.5 Å². The van der Waals surface area contributed by atoms with E-state index >= 15 is 0 Å². The summed E-state index contributed by atoms with van der Waals surface area (Å²) < 4.78 is 2.13. The summed E-state index contributed by atoms with van der Waals surface area (Å²) in [6.07, 6.45) is 7.67. The number of nitrogens with zero attached hydrogens (tertiary/aromatic N) is 2. The summed E-state index contributed by atoms with van der Waals surface area (Å²) in [6.45, 7) is 3.09. The van der Waals surface area contributed by atoms with Crippen LogP contribution in [-0.4, -0.2) is 9.55 Å². The molecular weight excluding hydrogens is 162 g/mol. The first kappa shape index (κ1) is 8.75. The molecule has 1 heterocycles. The van der Waals surface area contributed by atoms with E-state index in [1.54, 1.807) is 0 Å². The van der Waals surface area contributed by atoms with Crippen LogP contribution in [0.3, 0.4) is 0 Å². The van der Waals surface area contributed by atoms with Crippen LogP contribution < -0.4 is 5.73 Å². The lowest BCUT2D eigenvalue weighted by Gasteiger charge is -2.11. The van der Waals surface area contributed by atoms with Crippen LogP contribution in [0.1, 0.15) is 38.1 Å². The second-order valence-electron chi connectivity index (χ2n) is 3.86. The largest absolute Gasteiger partial charge is 0.334 e. The predicted octanol–water partition coefficient (Wildman–Crippen LogP) is 1.70. The SMILES string of the molecule is CCn1ccnc1C(N)CC1CC1. The topological polar surface area (TPSA) is 43.8 Å². The van der Waals surface area contributed by atoms with Crippen LogP contribution in [0.4, 0.5) is 0 Å². The van der Waals surface area contributed by atoms with Crippen LogP contribution in [-0.2, 0) is 6.54 Å². The van der Waals surface area contributed by atoms with Gasteiger partial charge in [0, 0.05) is 18.9 Å². The zero-order chi connectivity index (χ0) is 9.26. The maximum Gasteiger partial charge on any atom is 0.125 e. The lowest BCUT2D eigenvalue weighted by molar-refractivity contribution is 0.535. The molecule has 13 heavy (non-hydrogen) atoms. The van der Waals surface area contributed by atoms with Gasteiger partial charge < -0.3 is 10.3 Å². The highest BCUT2D eigenvalue weighted by Crippen LogP contribution is 2.36. The Bertz CT molecular complexity index is 275. The maximum absolute atomic E-state index is 6.07. The number of rotatable bonds is 4. The molecule has 3 heteroatoms. The Balaban J connectivity index is 2.04. The molecule has 1 fully saturated rings. The van der Waals surface area contributed by atoms with E-state index in [1.807, 2.05) is 12.4 Å². The first-order valence-corrected chi connectivity index (χ1v) is 5.08. The van der Waals surface area contributed by atoms with Crippen LogP contribution in [0.25, 0.3) is 0 Å². The molecule has 1 aromatic heterocycles. The van der Waals surface area contributed by atoms with Crippen molar-refractivity contribution in [3.8, 4) is 0 Å². The van der Waals surface area contributed by atoms with E-state index in [0.717, 1.165) is 24.7 Å². The fourth-order valence-electron chi connectivity index (χ4n) is 1.73. The highest BCUT2D eigenvalue weighted by molar-refractivity contribution is 4.99. The van der Waals surface area contributed by atoms with Gasteiger partial charge in [-0.2, -0.15) is 0 Å². The quantitative estimate of drug-likeness (QED) is 0.764. The van der Waals surface area contributed by atoms with Gasteiger partial charge in [0.15, 0.2) is 0 Å². The third-order valence-electron chi connectivity index (χ3n) is 2.70. The summed E-state index contributed by atoms with van der Waals surface area (Å²) in [5, 5.41) is 0. The lowest BCUT2D eigenvalue weighted by Crippen LogP contribution is -2.16. The lowest BCUT2D eigenvalue weighted by atomic mass is 10.1. The normalized spacial score (nSPS) is 18.9. The van der Waals surface area contributed by atoms with Crippen LogP contribution in [0.15, 0.2) is 12.4 Å². The van der Waals surface area contributed by atoms with Gasteiger partial charge in [-0.05, 0) is 19.3 Å². The van der Waals surface area contributed by atoms with Gasteiger partial charge in [0.2, 0.25) is 0 Å². The predicted molar refractivity (Wildman–Crippen MR) is 52.2 cm³/mol. The molecule has 0 aliphatic heterocycles. The average Bonchev–Trinajstić information content (AvgIpc) is 2.82. The molecule has 1 atom stereocenters. The monoisotopic (exact) mass is 179 g/mol. The highest BCUT2D eigenvalue weighted by Gasteiger charge is 2.25. The van der Waals surface area contributed by atoms with Crippen molar-refractivity contribution in [3.05, 3.63) is 18.2 Å². The van der Waals surface area contributed by atoms with Gasteiger partial charge in [0.25, 0.3) is 0 Å². The first-order valence-electron chi connectivity index (χ1n) is 5.08. The van der Waals surface area contributed by atoms with Crippen LogP contribution in [0.5, 0.6) is 0 Å². The van der Waals surface area contributed by atoms with Crippen molar-refractivity contribution in [2.45, 2.75) is 38.8 Å². The zero-order valence-electron chi connectivity index (χ0n) is 8.11. The number of hydrogen-bond donors (Lipinski definition) is 1. The Labute approximate surface area is 79.0 Å². The van der Waals surface area contributed by atoms with Crippen molar-refractivity contribution in [3.63, 3.8) is 0 Å². The Morgan fingerprint density at radius 3 is 3.08 bits per heavy atom. The number of imidazole rings is 1. The maximum atomic E-state index is 6.07. The van der Waals surface area contributed by atoms with Gasteiger partial charge in [-0.15, -0.1) is 0 Å². The molecular formula is C10H17N3. The summed E-state index contributed by atoms with van der Waals surface area (Å²) >= 11 is 0. The van der Waals surface area contributed by atoms with Gasteiger partial charge in [0.1, 0.15) is 5.82 Å². The summed E-state index contributed by atoms with van der Waals surface area (Å²) in [4.78, 5) is 4.31. The molecule has 0 amide bonds. The van der Waals surface area contributed by atoms with E-state index in [0.29, 0.717) is 0 Å². The van der Waals surface area contributed by atoms with Gasteiger partial charge in [-0.3, -0.25) is 0 Å². The van der Waals surface area contributed by atoms with Crippen LogP contribution in [0.2, 0.25) is 0 Å². The van der Waals surface area contributed by atoms with Gasteiger partial charge in [0.05, 0.1) is 6.04 Å². The minimum absolute atomic E-state index is 0.141. The van der Waals surface area contributed by atoms with E-state index < -0.39 is 0 Å². The molecule has 0 bridgehead atoms. The zero-order valence-corrected chi connectivity index (χ0v) is 8.11. The summed E-state index contributed by atoms with van der Waals surface area (Å²) in [7, 11) is 0. The van der Waals surface area contributed by atoms with Crippen molar-refractivity contribution in [1.82, 2.24) is 9.55 Å². The Hall–Kier alpha value is -0.830. The number of nitrogens with two attached hydrogens (primary N) is 1. The number of aromatic nitrogens is 2. The van der Waals surface area contributed by atoms with Crippen molar-refractivity contribution in [1.29, 1.82) is 0 Å². The standard InChI is InChI=1S/C10H17N3/c1-2-13-6-5-12-10(13)9(11)7-8-3-4-8/h5-6,8-9H,2-4,7,11H2,1H3. The second-order valence-corrected chi connectivity index (χ2v) is 3.86. The Kier molecular flexibility index (Phi) is 2.36. The van der Waals surface area contributed by atoms with Gasteiger partial charge >= 0.3 is 0 Å². The summed E-state index contributed by atoms with van der Waals surface area (Å²) in [5.41, 5.74) is 6.07. The smallest absolute Gasteiger partial charge is 0.125 e. The minimum Gasteiger partial charge on any atom is -0.334 e. The van der Waals surface area contributed by atoms with Gasteiger partial charge in [-0.1, -0.05) is 12.8 Å². The van der Waals surface area contributed by atoms with Crippen LogP contribution in [0, 0.1) is 5.92 Å². The fraction of sp³-hybridized carbons (Fsp3) is 0.700. The third kappa shape index (κ3) is 1.91. The molecule has 1 aliphatic carbocycles. The van der Waals surface area contributed by atoms with Crippen molar-refractivity contribution in [2.75, 3.05) is 0 Å². The molecule has 72 valence electrons. The van der Waals surface area contributed by atoms with Crippen molar-refractivity contribution >= 4 is 0 Å². The molecule has 2 N–H and O–H groups in total. The fourth-order valence-corrected chi connectivity index (χ4v) is 1.73. The van der Waals surface area contributed by atoms with Crippen molar-refractivity contribution in [2.24, 2.45) is 11.7 Å². The molecule has 0 spiro atoms. The first-order chi connectivity index (χ1) is 6.31. The summed E-state index contributed by atoms with van der Waals surface area (Å²) in [5.74, 6) is 1.92. The number of hydrogen-bond acceptors (Lipinski definition) is 2. The molecule has 0 radical (unpaired) electrons. The van der Waals surface area contributed by atoms with E-state index in [1.165, 1.54) is 12.8 Å². The van der Waals surface area contributed by atoms with E-state index in [4.69, 9.17) is 5.73 Å². The second kappa shape index (κ2) is 3.50. The van der Waals surface area contributed by atoms with Crippen LogP contribution >= 0.6 is 0 Å². The molecule has 1 unspecified atom stereocenters. The minimum atomic E-state index is 0.141. The van der Waals surface area contributed by atoms with Gasteiger partial charge in [-0.25, -0.2) is 4.98 Å². The molecule has 0 saturated heterocycles. The third-order valence-corrected chi connectivity index (χ3v) is 2.70. The summed E-state index contributed by atoms with van der Waals surface area (Å²) in [6, 6.07) is 0.141. The average molecular weight is 179 g/mol. The molecule has 3 nitrogen and oxygen atoms in total. The molecule has 1 saturated carbocycles. The Morgan fingerprint density at radius 1 is 1.69 bits per heavy atom. The molecule has 1 aromatic rings. The number of aryl methyl sites for hydroxylation is 1. The molecule has 2 rings (SSSR count). The highest BCUT2D eigenvalue weighted by atomic mass is 15.1. The Morgan fingerprint density at radius 2 is 2.46 bits per heavy atom. The molecule has 0 aromatic carbocycles.